The van der Waals surface area contributed by atoms with Crippen LogP contribution in [0.5, 0.6) is 11.8 Å². The average molecular weight is 427 g/mol. The Morgan fingerprint density at radius 2 is 1.48 bits per heavy atom. The van der Waals surface area contributed by atoms with Gasteiger partial charge in [-0.15, -0.1) is 0 Å². The molecule has 172 valence electrons. The van der Waals surface area contributed by atoms with Crippen molar-refractivity contribution in [3.8, 4) is 23.0 Å². The van der Waals surface area contributed by atoms with Crippen LogP contribution < -0.4 is 9.47 Å². The van der Waals surface area contributed by atoms with Crippen LogP contribution in [0.1, 0.15) is 91.4 Å². The number of ether oxygens (including phenoxy) is 2. The van der Waals surface area contributed by atoms with Crippen LogP contribution in [0.25, 0.3) is 11.3 Å². The Balaban J connectivity index is 1.86. The lowest BCUT2D eigenvalue weighted by molar-refractivity contribution is 0.274. The molecule has 2 aromatic rings. The predicted molar refractivity (Wildman–Crippen MR) is 130 cm³/mol. The summed E-state index contributed by atoms with van der Waals surface area (Å²) in [5.41, 5.74) is 1.84. The zero-order valence-electron chi connectivity index (χ0n) is 19.9. The Hall–Kier alpha value is -2.10. The van der Waals surface area contributed by atoms with Gasteiger partial charge in [-0.3, -0.25) is 0 Å². The van der Waals surface area contributed by atoms with Gasteiger partial charge in [-0.05, 0) is 18.8 Å². The number of nitrogens with zero attached hydrogens (tertiary/aromatic N) is 2. The van der Waals surface area contributed by atoms with Gasteiger partial charge in [-0.1, -0.05) is 109 Å². The fourth-order valence-corrected chi connectivity index (χ4v) is 3.54. The highest BCUT2D eigenvalue weighted by Gasteiger charge is 2.12. The smallest absolute Gasteiger partial charge is 0.317 e. The van der Waals surface area contributed by atoms with Gasteiger partial charge in [-0.25, -0.2) is 0 Å². The van der Waals surface area contributed by atoms with Crippen LogP contribution in [0.3, 0.4) is 0 Å². The number of hydrogen-bond acceptors (Lipinski definition) is 4. The molecule has 2 rings (SSSR count). The number of hydrogen-bond donors (Lipinski definition) is 0. The highest BCUT2D eigenvalue weighted by Crippen LogP contribution is 2.29. The third-order valence-electron chi connectivity index (χ3n) is 5.81. The summed E-state index contributed by atoms with van der Waals surface area (Å²) in [5.74, 6) is 1.56. The van der Waals surface area contributed by atoms with Gasteiger partial charge in [0.1, 0.15) is 5.69 Å². The molecule has 0 aliphatic rings. The summed E-state index contributed by atoms with van der Waals surface area (Å²) in [6.45, 7) is 8.19. The number of unbranched alkanes of at least 4 members (excludes halogenated alkanes) is 7. The summed E-state index contributed by atoms with van der Waals surface area (Å²) in [6, 6.07) is 10.6. The molecule has 1 aromatic heterocycles. The first kappa shape index (κ1) is 25.2. The van der Waals surface area contributed by atoms with E-state index in [0.717, 1.165) is 35.8 Å². The lowest BCUT2D eigenvalue weighted by Gasteiger charge is -2.12. The third-order valence-corrected chi connectivity index (χ3v) is 5.81. The second kappa shape index (κ2) is 15.7. The van der Waals surface area contributed by atoms with Crippen molar-refractivity contribution in [3.63, 3.8) is 0 Å². The van der Waals surface area contributed by atoms with Crippen molar-refractivity contribution in [3.05, 3.63) is 36.5 Å². The highest BCUT2D eigenvalue weighted by atomic mass is 16.5. The summed E-state index contributed by atoms with van der Waals surface area (Å²) in [7, 11) is 0. The van der Waals surface area contributed by atoms with Crippen molar-refractivity contribution in [2.45, 2.75) is 91.4 Å². The van der Waals surface area contributed by atoms with E-state index < -0.39 is 0 Å². The van der Waals surface area contributed by atoms with Crippen LogP contribution in [-0.4, -0.2) is 23.2 Å². The van der Waals surface area contributed by atoms with Crippen LogP contribution in [0.2, 0.25) is 0 Å². The molecule has 1 aromatic carbocycles. The van der Waals surface area contributed by atoms with E-state index in [1.54, 1.807) is 6.20 Å². The fourth-order valence-electron chi connectivity index (χ4n) is 3.54. The molecule has 0 bridgehead atoms. The van der Waals surface area contributed by atoms with Crippen LogP contribution in [-0.2, 0) is 0 Å². The monoisotopic (exact) mass is 426 g/mol. The molecule has 1 heterocycles. The molecular weight excluding hydrogens is 384 g/mol. The zero-order chi connectivity index (χ0) is 22.2. The average Bonchev–Trinajstić information content (AvgIpc) is 2.81. The lowest BCUT2D eigenvalue weighted by atomic mass is 10.0. The van der Waals surface area contributed by atoms with Crippen molar-refractivity contribution < 1.29 is 9.47 Å². The van der Waals surface area contributed by atoms with E-state index in [1.165, 1.54) is 57.8 Å². The molecule has 0 aliphatic carbocycles. The standard InChI is InChI=1S/C27H42N2O2/c1-4-6-7-8-9-15-20-30-25-22-28-27(29-26(25)24-18-13-10-14-19-24)31-21-16-11-12-17-23(3)5-2/h10,13-14,18-19,22-23H,4-9,11-12,15-17,20-21H2,1-3H3. The van der Waals surface area contributed by atoms with Crippen molar-refractivity contribution in [1.29, 1.82) is 0 Å². The topological polar surface area (TPSA) is 44.2 Å². The van der Waals surface area contributed by atoms with E-state index in [4.69, 9.17) is 9.47 Å². The first-order valence-corrected chi connectivity index (χ1v) is 12.4. The second-order valence-corrected chi connectivity index (χ2v) is 8.56. The van der Waals surface area contributed by atoms with Crippen molar-refractivity contribution in [2.24, 2.45) is 5.92 Å². The van der Waals surface area contributed by atoms with Crippen molar-refractivity contribution in [1.82, 2.24) is 9.97 Å². The van der Waals surface area contributed by atoms with Crippen molar-refractivity contribution in [2.75, 3.05) is 13.2 Å². The zero-order valence-corrected chi connectivity index (χ0v) is 19.9. The fraction of sp³-hybridized carbons (Fsp3) is 0.630. The molecule has 1 unspecified atom stereocenters. The summed E-state index contributed by atoms with van der Waals surface area (Å²) in [5, 5.41) is 0. The maximum absolute atomic E-state index is 6.06. The van der Waals surface area contributed by atoms with E-state index in [2.05, 4.69) is 42.9 Å². The molecule has 0 saturated carbocycles. The summed E-state index contributed by atoms with van der Waals surface area (Å²) < 4.78 is 11.9. The van der Waals surface area contributed by atoms with E-state index >= 15 is 0 Å². The minimum absolute atomic E-state index is 0.438. The molecule has 0 amide bonds. The van der Waals surface area contributed by atoms with Gasteiger partial charge in [0.15, 0.2) is 5.75 Å². The van der Waals surface area contributed by atoms with E-state index in [-0.39, 0.29) is 0 Å². The van der Waals surface area contributed by atoms with Gasteiger partial charge < -0.3 is 9.47 Å². The first-order valence-electron chi connectivity index (χ1n) is 12.4. The Bertz CT molecular complexity index is 706. The quantitative estimate of drug-likeness (QED) is 0.241. The number of aromatic nitrogens is 2. The van der Waals surface area contributed by atoms with Gasteiger partial charge in [0.25, 0.3) is 0 Å². The summed E-state index contributed by atoms with van der Waals surface area (Å²) in [6.07, 6.45) is 15.3. The predicted octanol–water partition coefficient (Wildman–Crippen LogP) is 7.87. The molecule has 0 saturated heterocycles. The Morgan fingerprint density at radius 1 is 0.806 bits per heavy atom. The maximum Gasteiger partial charge on any atom is 0.317 e. The Morgan fingerprint density at radius 3 is 2.23 bits per heavy atom. The summed E-state index contributed by atoms with van der Waals surface area (Å²) >= 11 is 0. The maximum atomic E-state index is 6.06. The summed E-state index contributed by atoms with van der Waals surface area (Å²) in [4.78, 5) is 9.09. The normalized spacial score (nSPS) is 12.0. The molecule has 0 aliphatic heterocycles. The molecule has 0 radical (unpaired) electrons. The minimum atomic E-state index is 0.438. The van der Waals surface area contributed by atoms with E-state index in [1.807, 2.05) is 18.2 Å². The molecule has 4 nitrogen and oxygen atoms in total. The number of rotatable bonds is 17. The van der Waals surface area contributed by atoms with E-state index in [0.29, 0.717) is 19.2 Å². The highest BCUT2D eigenvalue weighted by molar-refractivity contribution is 5.65. The molecule has 0 fully saturated rings. The van der Waals surface area contributed by atoms with Gasteiger partial charge >= 0.3 is 6.01 Å². The van der Waals surface area contributed by atoms with Crippen LogP contribution in [0, 0.1) is 5.92 Å². The SMILES string of the molecule is CCCCCCCCOc1cnc(OCCCCCC(C)CC)nc1-c1ccccc1. The van der Waals surface area contributed by atoms with Crippen LogP contribution in [0.15, 0.2) is 36.5 Å². The van der Waals surface area contributed by atoms with Crippen LogP contribution in [0.4, 0.5) is 0 Å². The minimum Gasteiger partial charge on any atom is -0.490 e. The molecule has 0 N–H and O–H groups in total. The van der Waals surface area contributed by atoms with E-state index in [9.17, 15) is 0 Å². The molecule has 0 spiro atoms. The largest absolute Gasteiger partial charge is 0.490 e. The van der Waals surface area contributed by atoms with Gasteiger partial charge in [0.05, 0.1) is 19.4 Å². The van der Waals surface area contributed by atoms with Gasteiger partial charge in [-0.2, -0.15) is 9.97 Å². The Labute approximate surface area is 189 Å². The third kappa shape index (κ3) is 10.2. The first-order chi connectivity index (χ1) is 15.2. The second-order valence-electron chi connectivity index (χ2n) is 8.56. The molecular formula is C27H42N2O2. The van der Waals surface area contributed by atoms with Gasteiger partial charge in [0, 0.05) is 5.56 Å². The number of benzene rings is 1. The Kier molecular flexibility index (Phi) is 12.7. The molecule has 1 atom stereocenters. The van der Waals surface area contributed by atoms with Crippen molar-refractivity contribution >= 4 is 0 Å². The molecule has 31 heavy (non-hydrogen) atoms. The lowest BCUT2D eigenvalue weighted by Crippen LogP contribution is -2.05. The van der Waals surface area contributed by atoms with Gasteiger partial charge in [0.2, 0.25) is 0 Å². The molecule has 4 heteroatoms. The van der Waals surface area contributed by atoms with Crippen LogP contribution >= 0.6 is 0 Å².